The molecule has 0 bridgehead atoms. The van der Waals surface area contributed by atoms with Crippen molar-refractivity contribution in [2.45, 2.75) is 26.6 Å². The molecule has 0 aliphatic heterocycles. The quantitative estimate of drug-likeness (QED) is 0.686. The highest BCUT2D eigenvalue weighted by Crippen LogP contribution is 2.31. The first kappa shape index (κ1) is 17.9. The molecule has 0 saturated heterocycles. The van der Waals surface area contributed by atoms with E-state index in [1.807, 2.05) is 31.2 Å². The Labute approximate surface area is 148 Å². The van der Waals surface area contributed by atoms with Crippen molar-refractivity contribution in [3.63, 3.8) is 0 Å². The van der Waals surface area contributed by atoms with Crippen molar-refractivity contribution in [2.24, 2.45) is 0 Å². The van der Waals surface area contributed by atoms with Crippen molar-refractivity contribution in [3.8, 4) is 11.1 Å². The summed E-state index contributed by atoms with van der Waals surface area (Å²) in [5, 5.41) is 4.23. The molecule has 134 valence electrons. The van der Waals surface area contributed by atoms with E-state index in [-0.39, 0.29) is 17.7 Å². The molecular formula is C20H17F3N2O. The second kappa shape index (κ2) is 6.78. The minimum atomic E-state index is -4.46. The molecule has 3 nitrogen and oxygen atoms in total. The lowest BCUT2D eigenvalue weighted by atomic mass is 10.0. The van der Waals surface area contributed by atoms with Crippen LogP contribution in [0, 0.1) is 13.8 Å². The molecule has 0 aliphatic carbocycles. The Morgan fingerprint density at radius 1 is 1.00 bits per heavy atom. The van der Waals surface area contributed by atoms with Crippen LogP contribution in [0.5, 0.6) is 0 Å². The normalized spacial score (nSPS) is 11.6. The molecule has 0 fully saturated rings. The SMILES string of the molecule is Cc1ccc(Cn2nc(C)cc(-c3cccc(C(F)(F)F)c3)c2=O)cc1. The van der Waals surface area contributed by atoms with Crippen molar-refractivity contribution < 1.29 is 13.2 Å². The van der Waals surface area contributed by atoms with E-state index in [4.69, 9.17) is 0 Å². The van der Waals surface area contributed by atoms with Crippen molar-refractivity contribution in [1.29, 1.82) is 0 Å². The first-order valence-electron chi connectivity index (χ1n) is 8.06. The Balaban J connectivity index is 2.05. The lowest BCUT2D eigenvalue weighted by Crippen LogP contribution is -2.25. The maximum absolute atomic E-state index is 13.0. The summed E-state index contributed by atoms with van der Waals surface area (Å²) in [6.07, 6.45) is -4.46. The van der Waals surface area contributed by atoms with Gasteiger partial charge in [0.1, 0.15) is 0 Å². The second-order valence-corrected chi connectivity index (χ2v) is 6.23. The molecule has 0 saturated carbocycles. The molecule has 3 aromatic rings. The smallest absolute Gasteiger partial charge is 0.267 e. The van der Waals surface area contributed by atoms with Gasteiger partial charge in [0.15, 0.2) is 0 Å². The number of rotatable bonds is 3. The first-order valence-corrected chi connectivity index (χ1v) is 8.06. The number of nitrogens with zero attached hydrogens (tertiary/aromatic N) is 2. The van der Waals surface area contributed by atoms with Gasteiger partial charge < -0.3 is 0 Å². The summed E-state index contributed by atoms with van der Waals surface area (Å²) in [5.41, 5.74) is 1.78. The Morgan fingerprint density at radius 2 is 1.69 bits per heavy atom. The summed E-state index contributed by atoms with van der Waals surface area (Å²) in [6.45, 7) is 3.93. The maximum Gasteiger partial charge on any atom is 0.416 e. The van der Waals surface area contributed by atoms with E-state index in [0.717, 1.165) is 23.3 Å². The number of halogens is 3. The monoisotopic (exact) mass is 358 g/mol. The van der Waals surface area contributed by atoms with Gasteiger partial charge in [-0.3, -0.25) is 4.79 Å². The summed E-state index contributed by atoms with van der Waals surface area (Å²) in [6, 6.07) is 14.0. The fourth-order valence-electron chi connectivity index (χ4n) is 2.72. The molecule has 0 spiro atoms. The van der Waals surface area contributed by atoms with E-state index in [1.54, 1.807) is 6.92 Å². The zero-order chi connectivity index (χ0) is 18.9. The molecule has 1 aromatic heterocycles. The van der Waals surface area contributed by atoms with E-state index in [9.17, 15) is 18.0 Å². The van der Waals surface area contributed by atoms with E-state index in [1.165, 1.54) is 22.9 Å². The first-order chi connectivity index (χ1) is 12.2. The number of alkyl halides is 3. The highest BCUT2D eigenvalue weighted by molar-refractivity contribution is 5.63. The number of aromatic nitrogens is 2. The van der Waals surface area contributed by atoms with Gasteiger partial charge in [0.2, 0.25) is 0 Å². The van der Waals surface area contributed by atoms with E-state index in [2.05, 4.69) is 5.10 Å². The van der Waals surface area contributed by atoms with E-state index >= 15 is 0 Å². The van der Waals surface area contributed by atoms with Gasteiger partial charge in [-0.25, -0.2) is 4.68 Å². The fraction of sp³-hybridized carbons (Fsp3) is 0.200. The van der Waals surface area contributed by atoms with E-state index < -0.39 is 17.3 Å². The van der Waals surface area contributed by atoms with Gasteiger partial charge in [0.05, 0.1) is 23.4 Å². The third kappa shape index (κ3) is 3.85. The van der Waals surface area contributed by atoms with Crippen LogP contribution < -0.4 is 5.56 Å². The molecule has 0 radical (unpaired) electrons. The topological polar surface area (TPSA) is 34.9 Å². The summed E-state index contributed by atoms with van der Waals surface area (Å²) in [7, 11) is 0. The highest BCUT2D eigenvalue weighted by atomic mass is 19.4. The van der Waals surface area contributed by atoms with E-state index in [0.29, 0.717) is 5.69 Å². The Bertz CT molecular complexity index is 989. The van der Waals surface area contributed by atoms with Gasteiger partial charge in [0, 0.05) is 0 Å². The largest absolute Gasteiger partial charge is 0.416 e. The molecule has 0 atom stereocenters. The Morgan fingerprint density at radius 3 is 2.35 bits per heavy atom. The van der Waals surface area contributed by atoms with Crippen LogP contribution in [0.1, 0.15) is 22.4 Å². The van der Waals surface area contributed by atoms with Crippen LogP contribution in [-0.4, -0.2) is 9.78 Å². The Kier molecular flexibility index (Phi) is 4.68. The molecule has 0 amide bonds. The summed E-state index contributed by atoms with van der Waals surface area (Å²) >= 11 is 0. The standard InChI is InChI=1S/C20H17F3N2O/c1-13-6-8-15(9-7-13)12-25-19(26)18(10-14(2)24-25)16-4-3-5-17(11-16)20(21,22)23/h3-11H,12H2,1-2H3. The maximum atomic E-state index is 13.0. The molecule has 0 aliphatic rings. The summed E-state index contributed by atoms with van der Waals surface area (Å²) in [5.74, 6) is 0. The zero-order valence-corrected chi connectivity index (χ0v) is 14.3. The highest BCUT2D eigenvalue weighted by Gasteiger charge is 2.30. The minimum absolute atomic E-state index is 0.204. The minimum Gasteiger partial charge on any atom is -0.267 e. The van der Waals surface area contributed by atoms with Crippen LogP contribution in [0.15, 0.2) is 59.4 Å². The van der Waals surface area contributed by atoms with Crippen LogP contribution in [0.3, 0.4) is 0 Å². The Hall–Kier alpha value is -2.89. The number of aryl methyl sites for hydroxylation is 2. The molecule has 3 rings (SSSR count). The van der Waals surface area contributed by atoms with Gasteiger partial charge in [-0.1, -0.05) is 42.0 Å². The molecule has 6 heteroatoms. The number of hydrogen-bond donors (Lipinski definition) is 0. The molecule has 1 heterocycles. The van der Waals surface area contributed by atoms with Crippen molar-refractivity contribution in [3.05, 3.63) is 87.3 Å². The molecule has 0 unspecified atom stereocenters. The third-order valence-corrected chi connectivity index (χ3v) is 4.05. The molecule has 26 heavy (non-hydrogen) atoms. The summed E-state index contributed by atoms with van der Waals surface area (Å²) in [4.78, 5) is 12.8. The van der Waals surface area contributed by atoms with Crippen LogP contribution in [-0.2, 0) is 12.7 Å². The third-order valence-electron chi connectivity index (χ3n) is 4.05. The molecule has 0 N–H and O–H groups in total. The van der Waals surface area contributed by atoms with Crippen LogP contribution in [0.4, 0.5) is 13.2 Å². The van der Waals surface area contributed by atoms with Gasteiger partial charge in [-0.2, -0.15) is 18.3 Å². The van der Waals surface area contributed by atoms with Gasteiger partial charge in [0.25, 0.3) is 5.56 Å². The van der Waals surface area contributed by atoms with Crippen LogP contribution in [0.25, 0.3) is 11.1 Å². The lowest BCUT2D eigenvalue weighted by Gasteiger charge is -2.11. The number of benzene rings is 2. The second-order valence-electron chi connectivity index (χ2n) is 6.23. The zero-order valence-electron chi connectivity index (χ0n) is 14.3. The fourth-order valence-corrected chi connectivity index (χ4v) is 2.72. The van der Waals surface area contributed by atoms with Crippen molar-refractivity contribution in [2.75, 3.05) is 0 Å². The van der Waals surface area contributed by atoms with Gasteiger partial charge in [-0.15, -0.1) is 0 Å². The molecular weight excluding hydrogens is 341 g/mol. The van der Waals surface area contributed by atoms with Crippen LogP contribution >= 0.6 is 0 Å². The molecule has 2 aromatic carbocycles. The van der Waals surface area contributed by atoms with Gasteiger partial charge >= 0.3 is 6.18 Å². The predicted octanol–water partition coefficient (Wildman–Crippen LogP) is 4.59. The van der Waals surface area contributed by atoms with Crippen molar-refractivity contribution in [1.82, 2.24) is 9.78 Å². The van der Waals surface area contributed by atoms with Crippen LogP contribution in [0.2, 0.25) is 0 Å². The van der Waals surface area contributed by atoms with Crippen molar-refractivity contribution >= 4 is 0 Å². The average molecular weight is 358 g/mol. The van der Waals surface area contributed by atoms with Gasteiger partial charge in [-0.05, 0) is 43.2 Å². The predicted molar refractivity (Wildman–Crippen MR) is 94.0 cm³/mol. The average Bonchev–Trinajstić information content (AvgIpc) is 2.59. The lowest BCUT2D eigenvalue weighted by molar-refractivity contribution is -0.137. The summed E-state index contributed by atoms with van der Waals surface area (Å²) < 4.78 is 40.2. The number of hydrogen-bond acceptors (Lipinski definition) is 2.